The predicted molar refractivity (Wildman–Crippen MR) is 71.0 cm³/mol. The molecule has 19 heavy (non-hydrogen) atoms. The van der Waals surface area contributed by atoms with Gasteiger partial charge in [-0.1, -0.05) is 18.2 Å². The molecule has 1 unspecified atom stereocenters. The first-order valence-electron chi connectivity index (χ1n) is 6.54. The van der Waals surface area contributed by atoms with Crippen LogP contribution in [0.4, 0.5) is 0 Å². The van der Waals surface area contributed by atoms with Gasteiger partial charge >= 0.3 is 5.97 Å². The van der Waals surface area contributed by atoms with Gasteiger partial charge in [0.05, 0.1) is 5.92 Å². The predicted octanol–water partition coefficient (Wildman–Crippen LogP) is 2.19. The van der Waals surface area contributed by atoms with Crippen molar-refractivity contribution in [1.29, 1.82) is 0 Å². The van der Waals surface area contributed by atoms with Gasteiger partial charge in [-0.3, -0.25) is 4.79 Å². The summed E-state index contributed by atoms with van der Waals surface area (Å²) in [5, 5.41) is 9.08. The van der Waals surface area contributed by atoms with Crippen LogP contribution in [0.2, 0.25) is 0 Å². The van der Waals surface area contributed by atoms with Crippen molar-refractivity contribution in [3.8, 4) is 0 Å². The highest BCUT2D eigenvalue weighted by molar-refractivity contribution is 5.71. The minimum atomic E-state index is -0.676. The normalized spacial score (nSPS) is 18.0. The fourth-order valence-corrected chi connectivity index (χ4v) is 2.72. The molecule has 4 nitrogen and oxygen atoms in total. The number of hydrogen-bond donors (Lipinski definition) is 2. The molecule has 1 aliphatic carbocycles. The molecular weight excluding hydrogens is 240 g/mol. The molecule has 1 aromatic heterocycles. The zero-order valence-corrected chi connectivity index (χ0v) is 10.6. The van der Waals surface area contributed by atoms with Gasteiger partial charge in [0.15, 0.2) is 0 Å². The SMILES string of the molecule is O=C(O)C1CCc2cc(Cc3ncc[nH]3)ccc2C1. The lowest BCUT2D eigenvalue weighted by atomic mass is 9.83. The van der Waals surface area contributed by atoms with Crippen molar-refractivity contribution in [2.24, 2.45) is 5.92 Å². The van der Waals surface area contributed by atoms with Crippen molar-refractivity contribution >= 4 is 5.97 Å². The highest BCUT2D eigenvalue weighted by Gasteiger charge is 2.24. The minimum Gasteiger partial charge on any atom is -0.481 e. The Bertz CT molecular complexity index is 590. The fourth-order valence-electron chi connectivity index (χ4n) is 2.72. The number of imidazole rings is 1. The van der Waals surface area contributed by atoms with E-state index in [1.165, 1.54) is 16.7 Å². The number of carbonyl (C=O) groups is 1. The van der Waals surface area contributed by atoms with E-state index in [2.05, 4.69) is 28.2 Å². The molecule has 1 aliphatic rings. The third-order valence-electron chi connectivity index (χ3n) is 3.77. The smallest absolute Gasteiger partial charge is 0.306 e. The van der Waals surface area contributed by atoms with Gasteiger partial charge in [0.25, 0.3) is 0 Å². The highest BCUT2D eigenvalue weighted by Crippen LogP contribution is 2.27. The van der Waals surface area contributed by atoms with Crippen LogP contribution in [0.3, 0.4) is 0 Å². The first-order chi connectivity index (χ1) is 9.22. The number of carboxylic acids is 1. The zero-order chi connectivity index (χ0) is 13.2. The summed E-state index contributed by atoms with van der Waals surface area (Å²) in [6.45, 7) is 0. The van der Waals surface area contributed by atoms with Gasteiger partial charge in [-0.15, -0.1) is 0 Å². The maximum Gasteiger partial charge on any atom is 0.306 e. The summed E-state index contributed by atoms with van der Waals surface area (Å²) in [6, 6.07) is 6.34. The summed E-state index contributed by atoms with van der Waals surface area (Å²) in [7, 11) is 0. The van der Waals surface area contributed by atoms with E-state index >= 15 is 0 Å². The number of nitrogens with one attached hydrogen (secondary N) is 1. The standard InChI is InChI=1S/C15H16N2O2/c18-15(19)13-4-3-11-7-10(1-2-12(11)9-13)8-14-16-5-6-17-14/h1-2,5-7,13H,3-4,8-9H2,(H,16,17)(H,18,19). The van der Waals surface area contributed by atoms with Crippen LogP contribution in [0.5, 0.6) is 0 Å². The van der Waals surface area contributed by atoms with Crippen LogP contribution in [-0.4, -0.2) is 21.0 Å². The number of aromatic amines is 1. The molecule has 0 amide bonds. The third kappa shape index (κ3) is 2.52. The summed E-state index contributed by atoms with van der Waals surface area (Å²) >= 11 is 0. The number of hydrogen-bond acceptors (Lipinski definition) is 2. The Hall–Kier alpha value is -2.10. The molecule has 2 N–H and O–H groups in total. The Labute approximate surface area is 111 Å². The molecule has 0 radical (unpaired) electrons. The van der Waals surface area contributed by atoms with E-state index in [0.717, 1.165) is 25.1 Å². The Balaban J connectivity index is 1.79. The topological polar surface area (TPSA) is 66.0 Å². The number of nitrogens with zero attached hydrogens (tertiary/aromatic N) is 1. The van der Waals surface area contributed by atoms with E-state index < -0.39 is 5.97 Å². The molecular formula is C15H16N2O2. The van der Waals surface area contributed by atoms with Crippen LogP contribution in [-0.2, 0) is 24.1 Å². The first kappa shape index (κ1) is 12.0. The second kappa shape index (κ2) is 4.88. The molecule has 3 rings (SSSR count). The Morgan fingerprint density at radius 3 is 3.05 bits per heavy atom. The molecule has 4 heteroatoms. The van der Waals surface area contributed by atoms with Gasteiger partial charge in [0.1, 0.15) is 5.82 Å². The number of aryl methyl sites for hydroxylation is 1. The summed E-state index contributed by atoms with van der Waals surface area (Å²) in [5.74, 6) is 0.0629. The monoisotopic (exact) mass is 256 g/mol. The molecule has 0 spiro atoms. The van der Waals surface area contributed by atoms with Gasteiger partial charge in [-0.05, 0) is 36.0 Å². The number of rotatable bonds is 3. The van der Waals surface area contributed by atoms with Crippen molar-refractivity contribution in [2.45, 2.75) is 25.7 Å². The van der Waals surface area contributed by atoms with Crippen LogP contribution in [0, 0.1) is 5.92 Å². The summed E-state index contributed by atoms with van der Waals surface area (Å²) in [4.78, 5) is 18.4. The fraction of sp³-hybridized carbons (Fsp3) is 0.333. The molecule has 1 heterocycles. The highest BCUT2D eigenvalue weighted by atomic mass is 16.4. The van der Waals surface area contributed by atoms with E-state index in [4.69, 9.17) is 5.11 Å². The van der Waals surface area contributed by atoms with E-state index in [-0.39, 0.29) is 5.92 Å². The van der Waals surface area contributed by atoms with Crippen molar-refractivity contribution in [2.75, 3.05) is 0 Å². The van der Waals surface area contributed by atoms with Gasteiger partial charge in [-0.2, -0.15) is 0 Å². The summed E-state index contributed by atoms with van der Waals surface area (Å²) < 4.78 is 0. The average Bonchev–Trinajstić information content (AvgIpc) is 2.91. The van der Waals surface area contributed by atoms with Gasteiger partial charge in [0, 0.05) is 18.8 Å². The lowest BCUT2D eigenvalue weighted by Crippen LogP contribution is -2.22. The number of benzene rings is 1. The van der Waals surface area contributed by atoms with Gasteiger partial charge in [-0.25, -0.2) is 4.98 Å². The van der Waals surface area contributed by atoms with Crippen LogP contribution in [0.1, 0.15) is 28.9 Å². The molecule has 2 aromatic rings. The van der Waals surface area contributed by atoms with Crippen molar-refractivity contribution in [1.82, 2.24) is 9.97 Å². The molecule has 0 aliphatic heterocycles. The second-order valence-corrected chi connectivity index (χ2v) is 5.09. The maximum atomic E-state index is 11.0. The van der Waals surface area contributed by atoms with Crippen molar-refractivity contribution < 1.29 is 9.90 Å². The third-order valence-corrected chi connectivity index (χ3v) is 3.77. The molecule has 0 bridgehead atoms. The number of aromatic nitrogens is 2. The van der Waals surface area contributed by atoms with E-state index in [9.17, 15) is 4.79 Å². The van der Waals surface area contributed by atoms with Gasteiger partial charge < -0.3 is 10.1 Å². The van der Waals surface area contributed by atoms with E-state index in [1.807, 2.05) is 6.20 Å². The van der Waals surface area contributed by atoms with E-state index in [0.29, 0.717) is 6.42 Å². The maximum absolute atomic E-state index is 11.0. The molecule has 1 aromatic carbocycles. The first-order valence-corrected chi connectivity index (χ1v) is 6.54. The second-order valence-electron chi connectivity index (χ2n) is 5.09. The average molecular weight is 256 g/mol. The zero-order valence-electron chi connectivity index (χ0n) is 10.6. The molecule has 0 saturated carbocycles. The lowest BCUT2D eigenvalue weighted by Gasteiger charge is -2.22. The quantitative estimate of drug-likeness (QED) is 0.884. The Morgan fingerprint density at radius 1 is 1.42 bits per heavy atom. The minimum absolute atomic E-state index is 0.219. The van der Waals surface area contributed by atoms with Crippen LogP contribution < -0.4 is 0 Å². The number of fused-ring (bicyclic) bond motifs is 1. The van der Waals surface area contributed by atoms with Crippen LogP contribution in [0.15, 0.2) is 30.6 Å². The van der Waals surface area contributed by atoms with Gasteiger partial charge in [0.2, 0.25) is 0 Å². The Morgan fingerprint density at radius 2 is 2.32 bits per heavy atom. The largest absolute Gasteiger partial charge is 0.481 e. The lowest BCUT2D eigenvalue weighted by molar-refractivity contribution is -0.142. The summed E-state index contributed by atoms with van der Waals surface area (Å²) in [6.07, 6.45) is 6.63. The molecule has 0 fully saturated rings. The van der Waals surface area contributed by atoms with Crippen LogP contribution in [0.25, 0.3) is 0 Å². The van der Waals surface area contributed by atoms with Crippen molar-refractivity contribution in [3.05, 3.63) is 53.1 Å². The van der Waals surface area contributed by atoms with Crippen LogP contribution >= 0.6 is 0 Å². The number of H-pyrrole nitrogens is 1. The number of aliphatic carboxylic acids is 1. The Kier molecular flexibility index (Phi) is 3.07. The number of carboxylic acid groups (broad SMARTS) is 1. The molecule has 98 valence electrons. The van der Waals surface area contributed by atoms with E-state index in [1.54, 1.807) is 6.20 Å². The van der Waals surface area contributed by atoms with Crippen molar-refractivity contribution in [3.63, 3.8) is 0 Å². The molecule has 0 saturated heterocycles. The summed E-state index contributed by atoms with van der Waals surface area (Å²) in [5.41, 5.74) is 3.70. The molecule has 1 atom stereocenters.